The molecule has 2 aromatic carbocycles. The van der Waals surface area contributed by atoms with Crippen molar-refractivity contribution in [2.24, 2.45) is 0 Å². The zero-order valence-electron chi connectivity index (χ0n) is 15.7. The molecule has 2 aromatic rings. The zero-order chi connectivity index (χ0) is 20.1. The molecule has 1 amide bonds. The fourth-order valence-corrected chi connectivity index (χ4v) is 4.41. The Morgan fingerprint density at radius 3 is 2.32 bits per heavy atom. The molecule has 0 aliphatic carbocycles. The van der Waals surface area contributed by atoms with Crippen LogP contribution in [0.15, 0.2) is 47.4 Å². The van der Waals surface area contributed by atoms with Crippen LogP contribution >= 0.6 is 0 Å². The topological polar surface area (TPSA) is 94.2 Å². The third-order valence-corrected chi connectivity index (χ3v) is 6.28. The number of carbonyl (C=O) groups is 1. The van der Waals surface area contributed by atoms with Gasteiger partial charge in [0, 0.05) is 24.3 Å². The molecule has 1 aliphatic heterocycles. The van der Waals surface area contributed by atoms with E-state index in [1.165, 1.54) is 29.6 Å². The fraction of sp³-hybridized carbons (Fsp3) is 0.316. The first-order chi connectivity index (χ1) is 13.5. The number of ether oxygens (including phenoxy) is 3. The van der Waals surface area contributed by atoms with Gasteiger partial charge in [-0.2, -0.15) is 4.31 Å². The number of amides is 1. The van der Waals surface area contributed by atoms with Gasteiger partial charge in [-0.3, -0.25) is 4.79 Å². The first-order valence-corrected chi connectivity index (χ1v) is 10.1. The van der Waals surface area contributed by atoms with Crippen molar-refractivity contribution in [3.63, 3.8) is 0 Å². The van der Waals surface area contributed by atoms with Crippen molar-refractivity contribution >= 4 is 21.6 Å². The van der Waals surface area contributed by atoms with E-state index >= 15 is 0 Å². The summed E-state index contributed by atoms with van der Waals surface area (Å²) < 4.78 is 42.9. The summed E-state index contributed by atoms with van der Waals surface area (Å²) >= 11 is 0. The molecule has 1 saturated heterocycles. The quantitative estimate of drug-likeness (QED) is 0.788. The number of nitrogens with one attached hydrogen (secondary N) is 1. The smallest absolute Gasteiger partial charge is 0.255 e. The van der Waals surface area contributed by atoms with E-state index in [2.05, 4.69) is 5.32 Å². The Morgan fingerprint density at radius 2 is 1.71 bits per heavy atom. The molecule has 9 heteroatoms. The third kappa shape index (κ3) is 4.27. The molecule has 1 fully saturated rings. The molecule has 1 N–H and O–H groups in total. The molecule has 0 bridgehead atoms. The maximum Gasteiger partial charge on any atom is 0.255 e. The Kier molecular flexibility index (Phi) is 6.18. The van der Waals surface area contributed by atoms with Gasteiger partial charge in [0.15, 0.2) is 0 Å². The largest absolute Gasteiger partial charge is 0.497 e. The molecule has 1 heterocycles. The summed E-state index contributed by atoms with van der Waals surface area (Å²) in [6.07, 6.45) is 0. The highest BCUT2D eigenvalue weighted by molar-refractivity contribution is 7.89. The van der Waals surface area contributed by atoms with E-state index < -0.39 is 15.9 Å². The van der Waals surface area contributed by atoms with E-state index in [1.54, 1.807) is 31.4 Å². The van der Waals surface area contributed by atoms with E-state index in [0.717, 1.165) is 0 Å². The second-order valence-electron chi connectivity index (χ2n) is 6.06. The average Bonchev–Trinajstić information content (AvgIpc) is 2.74. The lowest BCUT2D eigenvalue weighted by molar-refractivity contribution is 0.0729. The van der Waals surface area contributed by atoms with Crippen molar-refractivity contribution in [1.82, 2.24) is 4.31 Å². The number of nitrogens with zero attached hydrogens (tertiary/aromatic N) is 1. The number of morpholine rings is 1. The minimum Gasteiger partial charge on any atom is -0.497 e. The second-order valence-corrected chi connectivity index (χ2v) is 7.97. The van der Waals surface area contributed by atoms with Crippen LogP contribution in [0.5, 0.6) is 11.5 Å². The van der Waals surface area contributed by atoms with E-state index in [4.69, 9.17) is 14.2 Å². The van der Waals surface area contributed by atoms with E-state index in [1.807, 2.05) is 0 Å². The molecule has 1 aliphatic rings. The van der Waals surface area contributed by atoms with Crippen LogP contribution in [0.2, 0.25) is 0 Å². The molecule has 28 heavy (non-hydrogen) atoms. The second kappa shape index (κ2) is 8.59. The number of hydrogen-bond donors (Lipinski definition) is 1. The zero-order valence-corrected chi connectivity index (χ0v) is 16.5. The number of methoxy groups -OCH3 is 2. The molecule has 0 spiro atoms. The molecule has 150 valence electrons. The SMILES string of the molecule is COc1ccc(NC(=O)c2ccc(OC)c(S(=O)(=O)N3CCOCC3)c2)cc1. The number of anilines is 1. The molecule has 0 aromatic heterocycles. The Balaban J connectivity index is 1.88. The lowest BCUT2D eigenvalue weighted by Gasteiger charge is -2.26. The summed E-state index contributed by atoms with van der Waals surface area (Å²) in [7, 11) is -0.860. The standard InChI is InChI=1S/C19H22N2O6S/c1-25-16-6-4-15(5-7-16)20-19(22)14-3-8-17(26-2)18(13-14)28(23,24)21-9-11-27-12-10-21/h3-8,13H,9-12H2,1-2H3,(H,20,22). The van der Waals surface area contributed by atoms with Crippen LogP contribution in [0.3, 0.4) is 0 Å². The van der Waals surface area contributed by atoms with Crippen molar-refractivity contribution in [2.75, 3.05) is 45.8 Å². The van der Waals surface area contributed by atoms with Gasteiger partial charge in [-0.15, -0.1) is 0 Å². The third-order valence-electron chi connectivity index (χ3n) is 4.36. The molecule has 0 radical (unpaired) electrons. The molecular formula is C19H22N2O6S. The minimum absolute atomic E-state index is 0.0423. The number of hydrogen-bond acceptors (Lipinski definition) is 6. The first kappa shape index (κ1) is 20.1. The molecule has 0 unspecified atom stereocenters. The maximum absolute atomic E-state index is 13.0. The van der Waals surface area contributed by atoms with Gasteiger partial charge in [-0.05, 0) is 42.5 Å². The Hall–Kier alpha value is -2.62. The van der Waals surface area contributed by atoms with Crippen LogP contribution in [0, 0.1) is 0 Å². The van der Waals surface area contributed by atoms with Crippen molar-refractivity contribution in [3.05, 3.63) is 48.0 Å². The van der Waals surface area contributed by atoms with E-state index in [0.29, 0.717) is 24.7 Å². The number of rotatable bonds is 6. The highest BCUT2D eigenvalue weighted by atomic mass is 32.2. The van der Waals surface area contributed by atoms with Crippen molar-refractivity contribution in [1.29, 1.82) is 0 Å². The Labute approximate surface area is 164 Å². The van der Waals surface area contributed by atoms with E-state index in [-0.39, 0.29) is 29.3 Å². The molecule has 3 rings (SSSR count). The molecule has 8 nitrogen and oxygen atoms in total. The summed E-state index contributed by atoms with van der Waals surface area (Å²) in [4.78, 5) is 12.6. The van der Waals surface area contributed by atoms with Gasteiger partial charge in [0.05, 0.1) is 27.4 Å². The molecule has 0 atom stereocenters. The summed E-state index contributed by atoms with van der Waals surface area (Å²) in [5, 5.41) is 2.74. The van der Waals surface area contributed by atoms with Crippen LogP contribution in [-0.4, -0.2) is 59.2 Å². The van der Waals surface area contributed by atoms with Crippen molar-refractivity contribution in [2.45, 2.75) is 4.90 Å². The maximum atomic E-state index is 13.0. The predicted molar refractivity (Wildman–Crippen MR) is 104 cm³/mol. The van der Waals surface area contributed by atoms with Gasteiger partial charge in [0.1, 0.15) is 16.4 Å². The predicted octanol–water partition coefficient (Wildman–Crippen LogP) is 1.98. The van der Waals surface area contributed by atoms with Gasteiger partial charge < -0.3 is 19.5 Å². The van der Waals surface area contributed by atoms with Crippen LogP contribution < -0.4 is 14.8 Å². The van der Waals surface area contributed by atoms with Gasteiger partial charge >= 0.3 is 0 Å². The summed E-state index contributed by atoms with van der Waals surface area (Å²) in [6.45, 7) is 1.18. The van der Waals surface area contributed by atoms with E-state index in [9.17, 15) is 13.2 Å². The Bertz CT molecular complexity index is 937. The highest BCUT2D eigenvalue weighted by Gasteiger charge is 2.30. The summed E-state index contributed by atoms with van der Waals surface area (Å²) in [5.74, 6) is 0.431. The van der Waals surface area contributed by atoms with Gasteiger partial charge in [0.2, 0.25) is 10.0 Å². The van der Waals surface area contributed by atoms with Crippen LogP contribution in [0.4, 0.5) is 5.69 Å². The van der Waals surface area contributed by atoms with Gasteiger partial charge in [-0.25, -0.2) is 8.42 Å². The van der Waals surface area contributed by atoms with Crippen molar-refractivity contribution in [3.8, 4) is 11.5 Å². The lowest BCUT2D eigenvalue weighted by atomic mass is 10.2. The lowest BCUT2D eigenvalue weighted by Crippen LogP contribution is -2.40. The summed E-state index contributed by atoms with van der Waals surface area (Å²) in [5.41, 5.74) is 0.780. The molecule has 0 saturated carbocycles. The van der Waals surface area contributed by atoms with Crippen LogP contribution in [0.1, 0.15) is 10.4 Å². The first-order valence-electron chi connectivity index (χ1n) is 8.67. The van der Waals surface area contributed by atoms with Crippen molar-refractivity contribution < 1.29 is 27.4 Å². The number of carbonyl (C=O) groups excluding carboxylic acids is 1. The average molecular weight is 406 g/mol. The Morgan fingerprint density at radius 1 is 1.04 bits per heavy atom. The highest BCUT2D eigenvalue weighted by Crippen LogP contribution is 2.29. The van der Waals surface area contributed by atoms with Crippen LogP contribution in [-0.2, 0) is 14.8 Å². The number of benzene rings is 2. The minimum atomic E-state index is -3.81. The normalized spacial score (nSPS) is 15.1. The number of sulfonamides is 1. The fourth-order valence-electron chi connectivity index (χ4n) is 2.82. The van der Waals surface area contributed by atoms with Gasteiger partial charge in [0.25, 0.3) is 5.91 Å². The molecular weight excluding hydrogens is 384 g/mol. The van der Waals surface area contributed by atoms with Gasteiger partial charge in [-0.1, -0.05) is 0 Å². The monoisotopic (exact) mass is 406 g/mol. The van der Waals surface area contributed by atoms with Crippen LogP contribution in [0.25, 0.3) is 0 Å². The summed E-state index contributed by atoms with van der Waals surface area (Å²) in [6, 6.07) is 11.2.